The largest absolute Gasteiger partial charge is 0.343 e. The van der Waals surface area contributed by atoms with Crippen molar-refractivity contribution in [3.05, 3.63) is 0 Å². The first-order valence-corrected chi connectivity index (χ1v) is 7.36. The first-order chi connectivity index (χ1) is 8.95. The van der Waals surface area contributed by atoms with Crippen molar-refractivity contribution in [1.82, 2.24) is 4.90 Å². The van der Waals surface area contributed by atoms with Crippen LogP contribution in [0.15, 0.2) is 0 Å². The Labute approximate surface area is 116 Å². The predicted octanol–water partition coefficient (Wildman–Crippen LogP) is 2.29. The van der Waals surface area contributed by atoms with E-state index in [9.17, 15) is 4.79 Å². The van der Waals surface area contributed by atoms with Gasteiger partial charge in [0.25, 0.3) is 0 Å². The fourth-order valence-electron chi connectivity index (χ4n) is 2.60. The molecular weight excluding hydrogens is 238 g/mol. The number of rotatable bonds is 5. The molecule has 2 N–H and O–H groups in total. The van der Waals surface area contributed by atoms with E-state index in [0.717, 1.165) is 32.1 Å². The number of nitrogens with zero attached hydrogens (tertiary/aromatic N) is 2. The molecule has 4 nitrogen and oxygen atoms in total. The van der Waals surface area contributed by atoms with Crippen LogP contribution in [0.5, 0.6) is 0 Å². The summed E-state index contributed by atoms with van der Waals surface area (Å²) in [6, 6.07) is 2.74. The summed E-state index contributed by atoms with van der Waals surface area (Å²) in [5.74, 6) is 0.801. The van der Waals surface area contributed by atoms with Gasteiger partial charge in [-0.2, -0.15) is 5.26 Å². The smallest absolute Gasteiger partial charge is 0.222 e. The van der Waals surface area contributed by atoms with Gasteiger partial charge in [-0.1, -0.05) is 13.8 Å². The van der Waals surface area contributed by atoms with E-state index < -0.39 is 0 Å². The van der Waals surface area contributed by atoms with Gasteiger partial charge in [-0.15, -0.1) is 0 Å². The summed E-state index contributed by atoms with van der Waals surface area (Å²) in [6.45, 7) is 4.17. The molecule has 1 aliphatic carbocycles. The predicted molar refractivity (Wildman–Crippen MR) is 76.2 cm³/mol. The molecule has 108 valence electrons. The van der Waals surface area contributed by atoms with Crippen LogP contribution < -0.4 is 5.73 Å². The van der Waals surface area contributed by atoms with E-state index in [4.69, 9.17) is 11.0 Å². The molecule has 1 saturated carbocycles. The number of nitrogens with two attached hydrogens (primary N) is 1. The number of carbonyl (C=O) groups excluding carboxylic acids is 1. The monoisotopic (exact) mass is 265 g/mol. The van der Waals surface area contributed by atoms with E-state index in [1.54, 1.807) is 0 Å². The van der Waals surface area contributed by atoms with Crippen LogP contribution >= 0.6 is 0 Å². The Morgan fingerprint density at radius 3 is 2.42 bits per heavy atom. The first kappa shape index (κ1) is 16.0. The Balaban J connectivity index is 2.35. The summed E-state index contributed by atoms with van der Waals surface area (Å²) >= 11 is 0. The standard InChI is InChI=1S/C15H27N3O/c1-11(2)14(17)8-9-15(19)18(3)13-6-4-12(10-16)5-7-13/h11-14H,4-9,17H2,1-3H3/t12?,13?,14-/m0/s1. The summed E-state index contributed by atoms with van der Waals surface area (Å²) in [6.07, 6.45) is 5.05. The van der Waals surface area contributed by atoms with Crippen LogP contribution in [0.2, 0.25) is 0 Å². The highest BCUT2D eigenvalue weighted by atomic mass is 16.2. The molecule has 4 heteroatoms. The van der Waals surface area contributed by atoms with E-state index >= 15 is 0 Å². The van der Waals surface area contributed by atoms with Crippen molar-refractivity contribution in [3.8, 4) is 6.07 Å². The van der Waals surface area contributed by atoms with Crippen molar-refractivity contribution >= 4 is 5.91 Å². The lowest BCUT2D eigenvalue weighted by atomic mass is 9.86. The fraction of sp³-hybridized carbons (Fsp3) is 0.867. The van der Waals surface area contributed by atoms with Gasteiger partial charge in [0.15, 0.2) is 0 Å². The number of amides is 1. The van der Waals surface area contributed by atoms with Gasteiger partial charge < -0.3 is 10.6 Å². The lowest BCUT2D eigenvalue weighted by Crippen LogP contribution is -2.40. The van der Waals surface area contributed by atoms with Gasteiger partial charge in [-0.3, -0.25) is 4.79 Å². The minimum absolute atomic E-state index is 0.103. The van der Waals surface area contributed by atoms with Crippen molar-refractivity contribution in [2.45, 2.75) is 64.5 Å². The molecule has 0 spiro atoms. The van der Waals surface area contributed by atoms with Crippen LogP contribution in [0.1, 0.15) is 52.4 Å². The first-order valence-electron chi connectivity index (χ1n) is 7.36. The molecule has 0 heterocycles. The summed E-state index contributed by atoms with van der Waals surface area (Å²) in [5.41, 5.74) is 5.97. The number of carbonyl (C=O) groups is 1. The fourth-order valence-corrected chi connectivity index (χ4v) is 2.60. The summed E-state index contributed by atoms with van der Waals surface area (Å²) < 4.78 is 0. The SMILES string of the molecule is CC(C)[C@@H](N)CCC(=O)N(C)C1CCC(C#N)CC1. The van der Waals surface area contributed by atoms with E-state index in [2.05, 4.69) is 19.9 Å². The second kappa shape index (κ2) is 7.49. The maximum Gasteiger partial charge on any atom is 0.222 e. The zero-order chi connectivity index (χ0) is 14.4. The third-order valence-corrected chi connectivity index (χ3v) is 4.37. The highest BCUT2D eigenvalue weighted by molar-refractivity contribution is 5.76. The van der Waals surface area contributed by atoms with Crippen molar-refractivity contribution in [2.24, 2.45) is 17.6 Å². The topological polar surface area (TPSA) is 70.1 Å². The van der Waals surface area contributed by atoms with Crippen LogP contribution in [0.4, 0.5) is 0 Å². The van der Waals surface area contributed by atoms with Gasteiger partial charge in [-0.25, -0.2) is 0 Å². The Morgan fingerprint density at radius 1 is 1.37 bits per heavy atom. The van der Waals surface area contributed by atoms with Gasteiger partial charge in [0.1, 0.15) is 0 Å². The van der Waals surface area contributed by atoms with Crippen LogP contribution in [0.3, 0.4) is 0 Å². The minimum atomic E-state index is 0.103. The molecule has 0 aromatic rings. The molecule has 0 saturated heterocycles. The molecule has 1 fully saturated rings. The Morgan fingerprint density at radius 2 is 1.95 bits per heavy atom. The summed E-state index contributed by atoms with van der Waals surface area (Å²) in [4.78, 5) is 14.0. The number of nitriles is 1. The van der Waals surface area contributed by atoms with Gasteiger partial charge in [-0.05, 0) is 38.0 Å². The molecule has 0 aromatic heterocycles. The molecule has 1 rings (SSSR count). The van der Waals surface area contributed by atoms with Crippen molar-refractivity contribution in [1.29, 1.82) is 5.26 Å². The molecule has 0 unspecified atom stereocenters. The lowest BCUT2D eigenvalue weighted by molar-refractivity contribution is -0.132. The molecule has 1 aliphatic rings. The zero-order valence-electron chi connectivity index (χ0n) is 12.4. The van der Waals surface area contributed by atoms with Gasteiger partial charge in [0.2, 0.25) is 5.91 Å². The highest BCUT2D eigenvalue weighted by Crippen LogP contribution is 2.26. The average molecular weight is 265 g/mol. The minimum Gasteiger partial charge on any atom is -0.343 e. The zero-order valence-corrected chi connectivity index (χ0v) is 12.4. The highest BCUT2D eigenvalue weighted by Gasteiger charge is 2.26. The normalized spacial score (nSPS) is 24.8. The summed E-state index contributed by atoms with van der Waals surface area (Å²) in [7, 11) is 1.89. The molecule has 19 heavy (non-hydrogen) atoms. The van der Waals surface area contributed by atoms with E-state index in [1.807, 2.05) is 11.9 Å². The van der Waals surface area contributed by atoms with Gasteiger partial charge >= 0.3 is 0 Å². The second-order valence-electron chi connectivity index (χ2n) is 6.09. The molecule has 0 radical (unpaired) electrons. The Hall–Kier alpha value is -1.08. The lowest BCUT2D eigenvalue weighted by Gasteiger charge is -2.33. The molecule has 0 aliphatic heterocycles. The number of hydrogen-bond donors (Lipinski definition) is 1. The third-order valence-electron chi connectivity index (χ3n) is 4.37. The molecule has 0 aromatic carbocycles. The average Bonchev–Trinajstić information content (AvgIpc) is 2.43. The Bertz CT molecular complexity index is 327. The Kier molecular flexibility index (Phi) is 6.30. The van der Waals surface area contributed by atoms with Crippen LogP contribution in [-0.2, 0) is 4.79 Å². The van der Waals surface area contributed by atoms with Crippen molar-refractivity contribution < 1.29 is 4.79 Å². The van der Waals surface area contributed by atoms with E-state index in [1.165, 1.54) is 0 Å². The summed E-state index contributed by atoms with van der Waals surface area (Å²) in [5, 5.41) is 8.88. The molecule has 0 bridgehead atoms. The maximum atomic E-state index is 12.1. The van der Waals surface area contributed by atoms with Gasteiger partial charge in [0, 0.05) is 31.5 Å². The van der Waals surface area contributed by atoms with Crippen LogP contribution in [-0.4, -0.2) is 29.9 Å². The van der Waals surface area contributed by atoms with E-state index in [0.29, 0.717) is 18.4 Å². The second-order valence-corrected chi connectivity index (χ2v) is 6.09. The van der Waals surface area contributed by atoms with Crippen molar-refractivity contribution in [2.75, 3.05) is 7.05 Å². The quantitative estimate of drug-likeness (QED) is 0.829. The third kappa shape index (κ3) is 4.83. The van der Waals surface area contributed by atoms with Crippen molar-refractivity contribution in [3.63, 3.8) is 0 Å². The van der Waals surface area contributed by atoms with Crippen LogP contribution in [0.25, 0.3) is 0 Å². The van der Waals surface area contributed by atoms with E-state index in [-0.39, 0.29) is 17.9 Å². The molecule has 1 amide bonds. The van der Waals surface area contributed by atoms with Gasteiger partial charge in [0.05, 0.1) is 6.07 Å². The molecular formula is C15H27N3O. The molecule has 1 atom stereocenters. The maximum absolute atomic E-state index is 12.1. The van der Waals surface area contributed by atoms with Crippen LogP contribution in [0, 0.1) is 23.2 Å². The number of hydrogen-bond acceptors (Lipinski definition) is 3.